The van der Waals surface area contributed by atoms with Crippen LogP contribution in [-0.4, -0.2) is 26.0 Å². The molecule has 1 rings (SSSR count). The molecule has 0 radical (unpaired) electrons. The molecule has 0 N–H and O–H groups in total. The summed E-state index contributed by atoms with van der Waals surface area (Å²) < 4.78 is 1.63. The molecule has 0 nitrogen and oxygen atoms in total. The molecule has 0 amide bonds. The number of rotatable bonds is 8. The van der Waals surface area contributed by atoms with Crippen molar-refractivity contribution in [2.75, 3.05) is 11.5 Å². The molecule has 1 heterocycles. The van der Waals surface area contributed by atoms with Gasteiger partial charge in [-0.15, -0.1) is 0 Å². The number of thioether (sulfide) groups is 2. The first-order chi connectivity index (χ1) is 7.36. The molecule has 0 fully saturated rings. The quantitative estimate of drug-likeness (QED) is 0.393. The Morgan fingerprint density at radius 2 is 1.73 bits per heavy atom. The van der Waals surface area contributed by atoms with Crippen LogP contribution in [0.4, 0.5) is 0 Å². The molecule has 3 heteroatoms. The zero-order valence-electron chi connectivity index (χ0n) is 9.62. The van der Waals surface area contributed by atoms with Crippen molar-refractivity contribution in [3.63, 3.8) is 0 Å². The first-order valence-electron chi connectivity index (χ1n) is 5.71. The zero-order valence-corrected chi connectivity index (χ0v) is 13.0. The van der Waals surface area contributed by atoms with Gasteiger partial charge in [-0.1, -0.05) is 0 Å². The molecule has 15 heavy (non-hydrogen) atoms. The summed E-state index contributed by atoms with van der Waals surface area (Å²) in [6.45, 7) is 4.52. The van der Waals surface area contributed by atoms with Gasteiger partial charge < -0.3 is 0 Å². The number of unbranched alkanes of at least 4 members (excludes halogenated alkanes) is 2. The molecule has 0 saturated carbocycles. The Bertz CT molecular complexity index is 233. The van der Waals surface area contributed by atoms with Gasteiger partial charge >= 0.3 is 109 Å². The second-order valence-corrected chi connectivity index (χ2v) is 8.31. The van der Waals surface area contributed by atoms with Crippen LogP contribution in [-0.2, 0) is 0 Å². The van der Waals surface area contributed by atoms with Gasteiger partial charge in [-0.05, 0) is 0 Å². The molecule has 86 valence electrons. The van der Waals surface area contributed by atoms with E-state index in [-0.39, 0.29) is 0 Å². The standard InChI is InChI=1S/C12H20S2Se/c1-3-5-7-13-11-9-12(15-10-11)14-8-6-4-2/h9-10H,3-8H2,1-2H3. The average Bonchev–Trinajstić information content (AvgIpc) is 2.67. The third-order valence-electron chi connectivity index (χ3n) is 2.06. The van der Waals surface area contributed by atoms with Crippen molar-refractivity contribution in [1.29, 1.82) is 0 Å². The van der Waals surface area contributed by atoms with Crippen LogP contribution in [0.3, 0.4) is 0 Å². The van der Waals surface area contributed by atoms with Crippen molar-refractivity contribution in [3.05, 3.63) is 11.0 Å². The van der Waals surface area contributed by atoms with E-state index < -0.39 is 0 Å². The van der Waals surface area contributed by atoms with E-state index in [0.717, 1.165) is 0 Å². The van der Waals surface area contributed by atoms with Crippen LogP contribution in [0.25, 0.3) is 0 Å². The van der Waals surface area contributed by atoms with Gasteiger partial charge in [0.05, 0.1) is 0 Å². The molecule has 0 aromatic carbocycles. The summed E-state index contributed by atoms with van der Waals surface area (Å²) in [7, 11) is 0. The molecular formula is C12H20S2Se. The SMILES string of the molecule is CCCCSc1c[se]c(SCCCC)c1. The van der Waals surface area contributed by atoms with Crippen LogP contribution in [0.2, 0.25) is 0 Å². The zero-order chi connectivity index (χ0) is 10.9. The molecule has 0 bridgehead atoms. The van der Waals surface area contributed by atoms with Crippen LogP contribution >= 0.6 is 23.5 Å². The monoisotopic (exact) mass is 308 g/mol. The number of hydrogen-bond acceptors (Lipinski definition) is 2. The fraction of sp³-hybridized carbons (Fsp3) is 0.667. The van der Waals surface area contributed by atoms with E-state index in [9.17, 15) is 0 Å². The van der Waals surface area contributed by atoms with E-state index in [4.69, 9.17) is 0 Å². The van der Waals surface area contributed by atoms with E-state index in [1.807, 2.05) is 11.8 Å². The summed E-state index contributed by atoms with van der Waals surface area (Å²) in [6.07, 6.45) is 5.34. The third-order valence-corrected chi connectivity index (χ3v) is 7.11. The van der Waals surface area contributed by atoms with E-state index in [2.05, 4.69) is 36.6 Å². The molecule has 0 aliphatic carbocycles. The van der Waals surface area contributed by atoms with Crippen molar-refractivity contribution in [2.24, 2.45) is 0 Å². The van der Waals surface area contributed by atoms with Crippen LogP contribution in [0.1, 0.15) is 39.5 Å². The molecule has 0 aliphatic rings. The van der Waals surface area contributed by atoms with E-state index in [1.165, 1.54) is 42.1 Å². The van der Waals surface area contributed by atoms with Gasteiger partial charge in [0.1, 0.15) is 0 Å². The van der Waals surface area contributed by atoms with Gasteiger partial charge in [-0.25, -0.2) is 0 Å². The summed E-state index contributed by atoms with van der Waals surface area (Å²) in [5, 5.41) is 0. The van der Waals surface area contributed by atoms with E-state index in [0.29, 0.717) is 14.5 Å². The van der Waals surface area contributed by atoms with Crippen molar-refractivity contribution in [1.82, 2.24) is 0 Å². The van der Waals surface area contributed by atoms with Crippen LogP contribution < -0.4 is 0 Å². The predicted octanol–water partition coefficient (Wildman–Crippen LogP) is 4.53. The number of hydrogen-bond donors (Lipinski definition) is 0. The van der Waals surface area contributed by atoms with Crippen molar-refractivity contribution >= 4 is 38.0 Å². The summed E-state index contributed by atoms with van der Waals surface area (Å²) in [4.78, 5) is 3.98. The van der Waals surface area contributed by atoms with Gasteiger partial charge in [0.2, 0.25) is 0 Å². The molecule has 1 aromatic heterocycles. The molecule has 1 aromatic rings. The Morgan fingerprint density at radius 1 is 1.07 bits per heavy atom. The first kappa shape index (κ1) is 13.8. The predicted molar refractivity (Wildman–Crippen MR) is 74.6 cm³/mol. The van der Waals surface area contributed by atoms with Crippen molar-refractivity contribution in [3.8, 4) is 0 Å². The fourth-order valence-electron chi connectivity index (χ4n) is 1.10. The summed E-state index contributed by atoms with van der Waals surface area (Å²) in [5.74, 6) is 2.60. The minimum atomic E-state index is 0.646. The summed E-state index contributed by atoms with van der Waals surface area (Å²) in [6, 6.07) is 2.42. The van der Waals surface area contributed by atoms with E-state index >= 15 is 0 Å². The molecule has 0 atom stereocenters. The minimum absolute atomic E-state index is 0.646. The third kappa shape index (κ3) is 6.11. The van der Waals surface area contributed by atoms with Gasteiger partial charge in [0, 0.05) is 0 Å². The molecule has 0 spiro atoms. The Hall–Kier alpha value is 0.699. The van der Waals surface area contributed by atoms with Crippen LogP contribution in [0.15, 0.2) is 19.7 Å². The van der Waals surface area contributed by atoms with Gasteiger partial charge in [-0.3, -0.25) is 0 Å². The fourth-order valence-corrected chi connectivity index (χ4v) is 6.12. The maximum atomic E-state index is 2.45. The summed E-state index contributed by atoms with van der Waals surface area (Å²) >= 11 is 4.76. The topological polar surface area (TPSA) is 0 Å². The van der Waals surface area contributed by atoms with E-state index in [1.54, 1.807) is 3.77 Å². The molecular weight excluding hydrogens is 287 g/mol. The normalized spacial score (nSPS) is 10.8. The molecule has 0 unspecified atom stereocenters. The molecule has 0 aliphatic heterocycles. The average molecular weight is 307 g/mol. The second-order valence-electron chi connectivity index (χ2n) is 3.51. The Balaban J connectivity index is 2.23. The Labute approximate surface area is 108 Å². The Kier molecular flexibility index (Phi) is 8.08. The van der Waals surface area contributed by atoms with Crippen molar-refractivity contribution < 1.29 is 0 Å². The molecule has 0 saturated heterocycles. The van der Waals surface area contributed by atoms with Crippen molar-refractivity contribution in [2.45, 2.75) is 48.2 Å². The maximum absolute atomic E-state index is 2.45. The van der Waals surface area contributed by atoms with Crippen LogP contribution in [0, 0.1) is 0 Å². The van der Waals surface area contributed by atoms with Gasteiger partial charge in [0.15, 0.2) is 0 Å². The Morgan fingerprint density at radius 3 is 2.40 bits per heavy atom. The van der Waals surface area contributed by atoms with Crippen LogP contribution in [0.5, 0.6) is 0 Å². The summed E-state index contributed by atoms with van der Waals surface area (Å²) in [5.41, 5.74) is 0. The van der Waals surface area contributed by atoms with Gasteiger partial charge in [-0.2, -0.15) is 0 Å². The van der Waals surface area contributed by atoms with Gasteiger partial charge in [0.25, 0.3) is 0 Å². The first-order valence-corrected chi connectivity index (χ1v) is 9.52. The second kappa shape index (κ2) is 8.81.